The molecule has 5 nitrogen and oxygen atoms in total. The molecule has 0 saturated carbocycles. The third kappa shape index (κ3) is 4.44. The maximum Gasteiger partial charge on any atom is 0.234 e. The molecule has 3 aromatic rings. The molecule has 6 heteroatoms. The Morgan fingerprint density at radius 3 is 2.82 bits per heavy atom. The molecule has 0 atom stereocenters. The molecule has 0 bridgehead atoms. The molecule has 0 fully saturated rings. The highest BCUT2D eigenvalue weighted by Crippen LogP contribution is 2.25. The van der Waals surface area contributed by atoms with E-state index in [0.717, 1.165) is 47.2 Å². The van der Waals surface area contributed by atoms with Gasteiger partial charge < -0.3 is 9.88 Å². The molecule has 2 heterocycles. The Bertz CT molecular complexity index is 965. The minimum absolute atomic E-state index is 0.0113. The second kappa shape index (κ2) is 8.61. The Morgan fingerprint density at radius 1 is 1.11 bits per heavy atom. The minimum atomic E-state index is -0.0113. The number of nitrogens with one attached hydrogen (secondary N) is 1. The van der Waals surface area contributed by atoms with Gasteiger partial charge in [0.05, 0.1) is 5.75 Å². The van der Waals surface area contributed by atoms with E-state index in [1.807, 2.05) is 36.4 Å². The molecular weight excluding hydrogens is 368 g/mol. The lowest BCUT2D eigenvalue weighted by molar-refractivity contribution is -0.113. The number of amides is 1. The normalized spacial score (nSPS) is 13.6. The number of nitrogens with zero attached hydrogens (tertiary/aromatic N) is 3. The van der Waals surface area contributed by atoms with Crippen molar-refractivity contribution in [3.8, 4) is 11.4 Å². The summed E-state index contributed by atoms with van der Waals surface area (Å²) < 4.78 is 2.22. The van der Waals surface area contributed by atoms with Crippen molar-refractivity contribution in [2.45, 2.75) is 44.0 Å². The lowest BCUT2D eigenvalue weighted by atomic mass is 10.2. The van der Waals surface area contributed by atoms with Crippen LogP contribution in [0, 0.1) is 6.92 Å². The second-order valence-electron chi connectivity index (χ2n) is 7.13. The number of hydrogen-bond donors (Lipinski definition) is 1. The quantitative estimate of drug-likeness (QED) is 0.639. The van der Waals surface area contributed by atoms with E-state index in [1.165, 1.54) is 18.4 Å². The van der Waals surface area contributed by atoms with Gasteiger partial charge in [0, 0.05) is 29.1 Å². The van der Waals surface area contributed by atoms with Gasteiger partial charge in [-0.1, -0.05) is 36.2 Å². The molecule has 1 N–H and O–H groups in total. The summed E-state index contributed by atoms with van der Waals surface area (Å²) in [6.45, 7) is 3.02. The van der Waals surface area contributed by atoms with Crippen LogP contribution in [0.5, 0.6) is 0 Å². The predicted octanol–water partition coefficient (Wildman–Crippen LogP) is 4.71. The van der Waals surface area contributed by atoms with Gasteiger partial charge in [-0.2, -0.15) is 0 Å². The van der Waals surface area contributed by atoms with Crippen LogP contribution >= 0.6 is 11.8 Å². The molecule has 0 radical (unpaired) electrons. The summed E-state index contributed by atoms with van der Waals surface area (Å²) in [5, 5.41) is 11.8. The van der Waals surface area contributed by atoms with Crippen molar-refractivity contribution in [3.05, 3.63) is 59.9 Å². The molecule has 1 amide bonds. The summed E-state index contributed by atoms with van der Waals surface area (Å²) in [5.74, 6) is 2.33. The Labute approximate surface area is 169 Å². The van der Waals surface area contributed by atoms with E-state index in [4.69, 9.17) is 0 Å². The fraction of sp³-hybridized carbons (Fsp3) is 0.318. The van der Waals surface area contributed by atoms with Crippen molar-refractivity contribution in [1.29, 1.82) is 0 Å². The van der Waals surface area contributed by atoms with Gasteiger partial charge in [0.25, 0.3) is 0 Å². The number of aryl methyl sites for hydroxylation is 2. The molecule has 0 spiro atoms. The number of fused-ring (bicyclic) bond motifs is 1. The Hall–Kier alpha value is -2.60. The largest absolute Gasteiger partial charge is 0.325 e. The van der Waals surface area contributed by atoms with Crippen molar-refractivity contribution < 1.29 is 4.79 Å². The van der Waals surface area contributed by atoms with Gasteiger partial charge in [-0.05, 0) is 44.0 Å². The number of rotatable bonds is 5. The first-order valence-electron chi connectivity index (χ1n) is 9.71. The monoisotopic (exact) mass is 392 g/mol. The highest BCUT2D eigenvalue weighted by atomic mass is 32.2. The molecular formula is C22H24N4OS. The maximum absolute atomic E-state index is 12.4. The van der Waals surface area contributed by atoms with Gasteiger partial charge in [0.2, 0.25) is 5.91 Å². The Kier molecular flexibility index (Phi) is 5.76. The first kappa shape index (κ1) is 18.7. The van der Waals surface area contributed by atoms with Crippen LogP contribution in [0.2, 0.25) is 0 Å². The van der Waals surface area contributed by atoms with Crippen LogP contribution < -0.4 is 5.32 Å². The van der Waals surface area contributed by atoms with Crippen molar-refractivity contribution in [2.24, 2.45) is 0 Å². The van der Waals surface area contributed by atoms with Crippen molar-refractivity contribution >= 4 is 23.4 Å². The second-order valence-corrected chi connectivity index (χ2v) is 8.18. The van der Waals surface area contributed by atoms with Crippen molar-refractivity contribution in [3.63, 3.8) is 0 Å². The predicted molar refractivity (Wildman–Crippen MR) is 114 cm³/mol. The molecule has 0 saturated heterocycles. The topological polar surface area (TPSA) is 59.8 Å². The van der Waals surface area contributed by atoms with Crippen molar-refractivity contribution in [2.75, 3.05) is 11.1 Å². The van der Waals surface area contributed by atoms with E-state index < -0.39 is 0 Å². The van der Waals surface area contributed by atoms with Crippen LogP contribution in [0.3, 0.4) is 0 Å². The summed E-state index contributed by atoms with van der Waals surface area (Å²) in [6.07, 6.45) is 4.55. The fourth-order valence-corrected chi connectivity index (χ4v) is 4.11. The van der Waals surface area contributed by atoms with Gasteiger partial charge in [-0.25, -0.2) is 0 Å². The molecule has 28 heavy (non-hydrogen) atoms. The molecule has 1 aliphatic heterocycles. The first-order valence-corrected chi connectivity index (χ1v) is 10.7. The summed E-state index contributed by atoms with van der Waals surface area (Å²) in [6, 6.07) is 16.1. The molecule has 1 aromatic heterocycles. The number of anilines is 1. The Morgan fingerprint density at radius 2 is 1.96 bits per heavy atom. The zero-order valence-electron chi connectivity index (χ0n) is 16.0. The van der Waals surface area contributed by atoms with E-state index in [-0.39, 0.29) is 5.91 Å². The lowest BCUT2D eigenvalue weighted by Gasteiger charge is -2.09. The minimum Gasteiger partial charge on any atom is -0.325 e. The number of benzene rings is 2. The van der Waals surface area contributed by atoms with E-state index in [9.17, 15) is 4.79 Å². The van der Waals surface area contributed by atoms with Crippen LogP contribution in [0.1, 0.15) is 30.7 Å². The average Bonchev–Trinajstić information content (AvgIpc) is 2.96. The standard InChI is InChI=1S/C22H24N4OS/c1-16-9-11-19(12-10-16)28-15-21(27)23-18-7-5-6-17(14-18)22-25-24-20-8-3-2-4-13-26(20)22/h5-7,9-12,14H,2-4,8,13,15H2,1H3,(H,23,27). The highest BCUT2D eigenvalue weighted by Gasteiger charge is 2.16. The van der Waals surface area contributed by atoms with Gasteiger partial charge in [-0.3, -0.25) is 4.79 Å². The first-order chi connectivity index (χ1) is 13.7. The molecule has 0 unspecified atom stereocenters. The molecule has 2 aromatic carbocycles. The smallest absolute Gasteiger partial charge is 0.234 e. The van der Waals surface area contributed by atoms with Gasteiger partial charge in [0.15, 0.2) is 5.82 Å². The third-order valence-corrected chi connectivity index (χ3v) is 5.92. The van der Waals surface area contributed by atoms with E-state index in [2.05, 4.69) is 39.1 Å². The van der Waals surface area contributed by atoms with Gasteiger partial charge >= 0.3 is 0 Å². The summed E-state index contributed by atoms with van der Waals surface area (Å²) in [5.41, 5.74) is 3.00. The van der Waals surface area contributed by atoms with E-state index in [0.29, 0.717) is 5.75 Å². The Balaban J connectivity index is 1.43. The zero-order chi connectivity index (χ0) is 19.3. The lowest BCUT2D eigenvalue weighted by Crippen LogP contribution is -2.14. The molecule has 1 aliphatic rings. The number of aromatic nitrogens is 3. The van der Waals surface area contributed by atoms with Gasteiger partial charge in [0.1, 0.15) is 5.82 Å². The maximum atomic E-state index is 12.4. The van der Waals surface area contributed by atoms with Crippen molar-refractivity contribution in [1.82, 2.24) is 14.8 Å². The van der Waals surface area contributed by atoms with E-state index in [1.54, 1.807) is 11.8 Å². The fourth-order valence-electron chi connectivity index (χ4n) is 3.42. The average molecular weight is 393 g/mol. The summed E-state index contributed by atoms with van der Waals surface area (Å²) >= 11 is 1.54. The van der Waals surface area contributed by atoms with Crippen LogP contribution in [0.25, 0.3) is 11.4 Å². The highest BCUT2D eigenvalue weighted by molar-refractivity contribution is 8.00. The third-order valence-electron chi connectivity index (χ3n) is 4.90. The number of thioether (sulfide) groups is 1. The van der Waals surface area contributed by atoms with Gasteiger partial charge in [-0.15, -0.1) is 22.0 Å². The van der Waals surface area contributed by atoms with Crippen LogP contribution in [-0.2, 0) is 17.8 Å². The van der Waals surface area contributed by atoms with Crippen LogP contribution in [-0.4, -0.2) is 26.4 Å². The number of carbonyl (C=O) groups is 1. The number of carbonyl (C=O) groups excluding carboxylic acids is 1. The van der Waals surface area contributed by atoms with Crippen LogP contribution in [0.4, 0.5) is 5.69 Å². The molecule has 144 valence electrons. The molecule has 4 rings (SSSR count). The van der Waals surface area contributed by atoms with E-state index >= 15 is 0 Å². The SMILES string of the molecule is Cc1ccc(SCC(=O)Nc2cccc(-c3nnc4n3CCCCC4)c2)cc1. The number of hydrogen-bond acceptors (Lipinski definition) is 4. The summed E-state index contributed by atoms with van der Waals surface area (Å²) in [7, 11) is 0. The summed E-state index contributed by atoms with van der Waals surface area (Å²) in [4.78, 5) is 13.5. The molecule has 0 aliphatic carbocycles. The van der Waals surface area contributed by atoms with Crippen LogP contribution in [0.15, 0.2) is 53.4 Å². The zero-order valence-corrected chi connectivity index (χ0v) is 16.8.